The van der Waals surface area contributed by atoms with E-state index in [1.165, 1.54) is 24.3 Å². The van der Waals surface area contributed by atoms with Gasteiger partial charge in [0, 0.05) is 5.56 Å². The standard InChI is InChI=1S/C10H8F3N3O2.ClH/c11-10(12,13)17-7-3-1-6(2-4-7)9-15-8(5-14)18-16-9;/h1-4H,5,14H2;1H. The van der Waals surface area contributed by atoms with Gasteiger partial charge in [-0.3, -0.25) is 0 Å². The smallest absolute Gasteiger partial charge is 0.406 e. The molecule has 104 valence electrons. The second kappa shape index (κ2) is 5.89. The summed E-state index contributed by atoms with van der Waals surface area (Å²) in [7, 11) is 0. The number of aromatic nitrogens is 2. The van der Waals surface area contributed by atoms with Gasteiger partial charge in [0.25, 0.3) is 0 Å². The largest absolute Gasteiger partial charge is 0.573 e. The monoisotopic (exact) mass is 295 g/mol. The average molecular weight is 296 g/mol. The summed E-state index contributed by atoms with van der Waals surface area (Å²) in [4.78, 5) is 3.94. The zero-order chi connectivity index (χ0) is 13.2. The van der Waals surface area contributed by atoms with E-state index in [9.17, 15) is 13.2 Å². The maximum absolute atomic E-state index is 11.9. The van der Waals surface area contributed by atoms with Crippen LogP contribution in [-0.4, -0.2) is 16.5 Å². The van der Waals surface area contributed by atoms with Gasteiger partial charge < -0.3 is 15.0 Å². The lowest BCUT2D eigenvalue weighted by molar-refractivity contribution is -0.274. The Morgan fingerprint density at radius 2 is 1.84 bits per heavy atom. The van der Waals surface area contributed by atoms with Gasteiger partial charge in [0.2, 0.25) is 11.7 Å². The summed E-state index contributed by atoms with van der Waals surface area (Å²) in [5.41, 5.74) is 5.80. The van der Waals surface area contributed by atoms with Crippen molar-refractivity contribution in [1.29, 1.82) is 0 Å². The van der Waals surface area contributed by atoms with Crippen LogP contribution in [0.25, 0.3) is 11.4 Å². The molecule has 1 aromatic heterocycles. The van der Waals surface area contributed by atoms with Crippen molar-refractivity contribution in [3.05, 3.63) is 30.2 Å². The number of rotatable bonds is 3. The minimum absolute atomic E-state index is 0. The van der Waals surface area contributed by atoms with Crippen molar-refractivity contribution < 1.29 is 22.4 Å². The molecule has 0 unspecified atom stereocenters. The second-order valence-electron chi connectivity index (χ2n) is 3.29. The second-order valence-corrected chi connectivity index (χ2v) is 3.29. The van der Waals surface area contributed by atoms with Crippen LogP contribution in [0.5, 0.6) is 5.75 Å². The minimum Gasteiger partial charge on any atom is -0.406 e. The fourth-order valence-electron chi connectivity index (χ4n) is 1.26. The molecule has 0 atom stereocenters. The Morgan fingerprint density at radius 3 is 2.32 bits per heavy atom. The number of nitrogens with two attached hydrogens (primary N) is 1. The Hall–Kier alpha value is -1.80. The first-order valence-electron chi connectivity index (χ1n) is 4.87. The summed E-state index contributed by atoms with van der Waals surface area (Å²) >= 11 is 0. The van der Waals surface area contributed by atoms with Gasteiger partial charge in [-0.2, -0.15) is 4.98 Å². The summed E-state index contributed by atoms with van der Waals surface area (Å²) in [6.45, 7) is 0.0995. The van der Waals surface area contributed by atoms with Gasteiger partial charge in [-0.15, -0.1) is 25.6 Å². The topological polar surface area (TPSA) is 74.2 Å². The maximum Gasteiger partial charge on any atom is 0.573 e. The Kier molecular flexibility index (Phi) is 4.73. The predicted molar refractivity (Wildman–Crippen MR) is 61.6 cm³/mol. The van der Waals surface area contributed by atoms with Crippen molar-refractivity contribution in [2.75, 3.05) is 0 Å². The predicted octanol–water partition coefficient (Wildman–Crippen LogP) is 2.52. The van der Waals surface area contributed by atoms with Crippen molar-refractivity contribution in [1.82, 2.24) is 10.1 Å². The van der Waals surface area contributed by atoms with Crippen LogP contribution in [0, 0.1) is 0 Å². The molecule has 2 N–H and O–H groups in total. The van der Waals surface area contributed by atoms with Gasteiger partial charge in [-0.1, -0.05) is 5.16 Å². The third-order valence-electron chi connectivity index (χ3n) is 1.99. The molecule has 0 saturated carbocycles. The number of nitrogens with zero attached hydrogens (tertiary/aromatic N) is 2. The van der Waals surface area contributed by atoms with E-state index in [-0.39, 0.29) is 36.4 Å². The Morgan fingerprint density at radius 1 is 1.21 bits per heavy atom. The number of hydrogen-bond donors (Lipinski definition) is 1. The minimum atomic E-state index is -4.71. The molecule has 0 amide bonds. The molecule has 0 bridgehead atoms. The Balaban J connectivity index is 0.00000180. The number of ether oxygens (including phenoxy) is 1. The lowest BCUT2D eigenvalue weighted by Crippen LogP contribution is -2.16. The van der Waals surface area contributed by atoms with Gasteiger partial charge >= 0.3 is 6.36 Å². The van der Waals surface area contributed by atoms with E-state index in [0.717, 1.165) is 0 Å². The van der Waals surface area contributed by atoms with E-state index in [0.29, 0.717) is 5.56 Å². The third kappa shape index (κ3) is 4.11. The van der Waals surface area contributed by atoms with Crippen LogP contribution in [0.1, 0.15) is 5.89 Å². The normalized spacial score (nSPS) is 10.9. The first kappa shape index (κ1) is 15.3. The van der Waals surface area contributed by atoms with E-state index >= 15 is 0 Å². The molecular weight excluding hydrogens is 287 g/mol. The van der Waals surface area contributed by atoms with Crippen LogP contribution in [-0.2, 0) is 6.54 Å². The number of benzene rings is 1. The van der Waals surface area contributed by atoms with Crippen molar-refractivity contribution >= 4 is 12.4 Å². The molecule has 0 radical (unpaired) electrons. The van der Waals surface area contributed by atoms with Crippen LogP contribution < -0.4 is 10.5 Å². The van der Waals surface area contributed by atoms with E-state index in [1.807, 2.05) is 0 Å². The molecule has 0 aliphatic rings. The van der Waals surface area contributed by atoms with Gasteiger partial charge in [0.15, 0.2) is 0 Å². The summed E-state index contributed by atoms with van der Waals surface area (Å²) in [6, 6.07) is 5.13. The van der Waals surface area contributed by atoms with Crippen molar-refractivity contribution in [3.8, 4) is 17.1 Å². The van der Waals surface area contributed by atoms with Crippen LogP contribution in [0.15, 0.2) is 28.8 Å². The fraction of sp³-hybridized carbons (Fsp3) is 0.200. The fourth-order valence-corrected chi connectivity index (χ4v) is 1.26. The van der Waals surface area contributed by atoms with Crippen molar-refractivity contribution in [3.63, 3.8) is 0 Å². The lowest BCUT2D eigenvalue weighted by atomic mass is 10.2. The molecule has 0 fully saturated rings. The zero-order valence-corrected chi connectivity index (χ0v) is 10.2. The molecule has 0 saturated heterocycles. The van der Waals surface area contributed by atoms with E-state index in [1.54, 1.807) is 0 Å². The quantitative estimate of drug-likeness (QED) is 0.942. The third-order valence-corrected chi connectivity index (χ3v) is 1.99. The van der Waals surface area contributed by atoms with Crippen LogP contribution in [0.2, 0.25) is 0 Å². The molecule has 9 heteroatoms. The summed E-state index contributed by atoms with van der Waals surface area (Å²) in [5, 5.41) is 3.63. The molecule has 19 heavy (non-hydrogen) atoms. The SMILES string of the molecule is Cl.NCc1nc(-c2ccc(OC(F)(F)F)cc2)no1. The van der Waals surface area contributed by atoms with Crippen LogP contribution >= 0.6 is 12.4 Å². The highest BCUT2D eigenvalue weighted by molar-refractivity contribution is 5.85. The molecule has 5 nitrogen and oxygen atoms in total. The maximum atomic E-state index is 11.9. The molecule has 2 aromatic rings. The molecule has 0 aliphatic carbocycles. The summed E-state index contributed by atoms with van der Waals surface area (Å²) < 4.78 is 44.3. The first-order chi connectivity index (χ1) is 8.48. The van der Waals surface area contributed by atoms with Crippen LogP contribution in [0.3, 0.4) is 0 Å². The Bertz CT molecular complexity index is 528. The van der Waals surface area contributed by atoms with Gasteiger partial charge in [0.1, 0.15) is 5.75 Å². The molecule has 0 aliphatic heterocycles. The number of alkyl halides is 3. The highest BCUT2D eigenvalue weighted by Crippen LogP contribution is 2.25. The van der Waals surface area contributed by atoms with Gasteiger partial charge in [-0.05, 0) is 24.3 Å². The van der Waals surface area contributed by atoms with E-state index in [4.69, 9.17) is 10.3 Å². The van der Waals surface area contributed by atoms with Crippen molar-refractivity contribution in [2.45, 2.75) is 12.9 Å². The average Bonchev–Trinajstić information content (AvgIpc) is 2.76. The molecule has 0 spiro atoms. The van der Waals surface area contributed by atoms with E-state index < -0.39 is 6.36 Å². The van der Waals surface area contributed by atoms with Crippen molar-refractivity contribution in [2.24, 2.45) is 5.73 Å². The number of halogens is 4. The zero-order valence-electron chi connectivity index (χ0n) is 9.35. The lowest BCUT2D eigenvalue weighted by Gasteiger charge is -2.08. The van der Waals surface area contributed by atoms with Gasteiger partial charge in [-0.25, -0.2) is 0 Å². The number of hydrogen-bond acceptors (Lipinski definition) is 5. The molecule has 1 aromatic carbocycles. The highest BCUT2D eigenvalue weighted by Gasteiger charge is 2.31. The summed E-state index contributed by atoms with van der Waals surface area (Å²) in [5.74, 6) is 0.198. The van der Waals surface area contributed by atoms with E-state index in [2.05, 4.69) is 14.9 Å². The summed E-state index contributed by atoms with van der Waals surface area (Å²) in [6.07, 6.45) is -4.71. The molecule has 1 heterocycles. The van der Waals surface area contributed by atoms with Crippen LogP contribution in [0.4, 0.5) is 13.2 Å². The highest BCUT2D eigenvalue weighted by atomic mass is 35.5. The van der Waals surface area contributed by atoms with Gasteiger partial charge in [0.05, 0.1) is 6.54 Å². The molecule has 2 rings (SSSR count). The molecular formula is C10H9ClF3N3O2. The first-order valence-corrected chi connectivity index (χ1v) is 4.87. The Labute approximate surface area is 112 Å².